The highest BCUT2D eigenvalue weighted by Gasteiger charge is 2.30. The zero-order chi connectivity index (χ0) is 30.0. The number of rotatable bonds is 14. The molecular weight excluding hydrogens is 541 g/mol. The molecule has 0 fully saturated rings. The second-order valence-corrected chi connectivity index (χ2v) is 12.7. The molecule has 41 heavy (non-hydrogen) atoms. The Morgan fingerprint density at radius 2 is 1.54 bits per heavy atom. The van der Waals surface area contributed by atoms with Crippen LogP contribution in [0.15, 0.2) is 78.9 Å². The van der Waals surface area contributed by atoms with Crippen LogP contribution in [0, 0.1) is 18.7 Å². The predicted octanol–water partition coefficient (Wildman–Crippen LogP) is 5.09. The smallest absolute Gasteiger partial charge is 0.243 e. The van der Waals surface area contributed by atoms with Crippen molar-refractivity contribution in [2.75, 3.05) is 23.7 Å². The van der Waals surface area contributed by atoms with Crippen molar-refractivity contribution in [1.29, 1.82) is 0 Å². The largest absolute Gasteiger partial charge is 0.354 e. The molecule has 3 aromatic rings. The van der Waals surface area contributed by atoms with Gasteiger partial charge in [-0.15, -0.1) is 0 Å². The van der Waals surface area contributed by atoms with Crippen LogP contribution in [0.25, 0.3) is 0 Å². The fourth-order valence-corrected chi connectivity index (χ4v) is 5.44. The summed E-state index contributed by atoms with van der Waals surface area (Å²) < 4.78 is 40.1. The molecule has 0 heterocycles. The third-order valence-corrected chi connectivity index (χ3v) is 7.89. The Kier molecular flexibility index (Phi) is 11.5. The summed E-state index contributed by atoms with van der Waals surface area (Å²) in [5.74, 6) is -0.719. The molecule has 0 aliphatic rings. The van der Waals surface area contributed by atoms with E-state index in [4.69, 9.17) is 0 Å². The number of nitrogens with zero attached hydrogens (tertiary/aromatic N) is 2. The fourth-order valence-electron chi connectivity index (χ4n) is 4.48. The van der Waals surface area contributed by atoms with E-state index in [-0.39, 0.29) is 49.5 Å². The summed E-state index contributed by atoms with van der Waals surface area (Å²) in [4.78, 5) is 28.9. The van der Waals surface area contributed by atoms with Crippen LogP contribution in [0.1, 0.15) is 43.4 Å². The van der Waals surface area contributed by atoms with E-state index < -0.39 is 16.1 Å². The van der Waals surface area contributed by atoms with Crippen molar-refractivity contribution in [2.24, 2.45) is 5.92 Å². The summed E-state index contributed by atoms with van der Waals surface area (Å²) >= 11 is 0. The summed E-state index contributed by atoms with van der Waals surface area (Å²) in [6.07, 6.45) is 1.73. The summed E-state index contributed by atoms with van der Waals surface area (Å²) in [5.41, 5.74) is 3.13. The van der Waals surface area contributed by atoms with Gasteiger partial charge in [0, 0.05) is 32.5 Å². The van der Waals surface area contributed by atoms with Crippen molar-refractivity contribution < 1.29 is 22.4 Å². The van der Waals surface area contributed by atoms with Crippen LogP contribution in [-0.2, 0) is 32.6 Å². The molecule has 1 unspecified atom stereocenters. The van der Waals surface area contributed by atoms with E-state index in [9.17, 15) is 22.4 Å². The molecule has 3 rings (SSSR count). The Hall–Kier alpha value is -3.72. The maximum absolute atomic E-state index is 13.8. The van der Waals surface area contributed by atoms with Gasteiger partial charge in [0.1, 0.15) is 11.9 Å². The van der Waals surface area contributed by atoms with Crippen molar-refractivity contribution >= 4 is 27.5 Å². The molecule has 1 atom stereocenters. The first-order chi connectivity index (χ1) is 19.4. The molecule has 3 aromatic carbocycles. The molecule has 2 amide bonds. The normalized spacial score (nSPS) is 12.1. The minimum absolute atomic E-state index is 0.0296. The van der Waals surface area contributed by atoms with E-state index in [0.29, 0.717) is 24.2 Å². The van der Waals surface area contributed by atoms with Crippen LogP contribution < -0.4 is 9.62 Å². The number of sulfonamides is 1. The molecule has 0 aromatic heterocycles. The lowest BCUT2D eigenvalue weighted by molar-refractivity contribution is -0.141. The first-order valence-corrected chi connectivity index (χ1v) is 15.7. The van der Waals surface area contributed by atoms with Gasteiger partial charge in [0.15, 0.2) is 0 Å². The summed E-state index contributed by atoms with van der Waals surface area (Å²) in [6, 6.07) is 21.7. The molecule has 0 saturated carbocycles. The monoisotopic (exact) mass is 581 g/mol. The molecule has 220 valence electrons. The average molecular weight is 582 g/mol. The van der Waals surface area contributed by atoms with Crippen LogP contribution in [0.2, 0.25) is 0 Å². The summed E-state index contributed by atoms with van der Waals surface area (Å²) in [7, 11) is -3.58. The molecule has 7 nitrogen and oxygen atoms in total. The maximum Gasteiger partial charge on any atom is 0.243 e. The number of aryl methyl sites for hydroxylation is 1. The van der Waals surface area contributed by atoms with Gasteiger partial charge in [-0.2, -0.15) is 0 Å². The minimum Gasteiger partial charge on any atom is -0.354 e. The lowest BCUT2D eigenvalue weighted by Crippen LogP contribution is -2.51. The number of carbonyl (C=O) groups is 2. The number of amides is 2. The van der Waals surface area contributed by atoms with Crippen molar-refractivity contribution in [1.82, 2.24) is 10.2 Å². The molecule has 0 saturated heterocycles. The van der Waals surface area contributed by atoms with Gasteiger partial charge in [-0.3, -0.25) is 13.9 Å². The summed E-state index contributed by atoms with van der Waals surface area (Å²) in [5, 5.41) is 2.97. The minimum atomic E-state index is -3.58. The lowest BCUT2D eigenvalue weighted by atomic mass is 10.0. The van der Waals surface area contributed by atoms with Gasteiger partial charge >= 0.3 is 0 Å². The number of carbonyl (C=O) groups excluding carboxylic acids is 2. The number of hydrogen-bond donors (Lipinski definition) is 1. The Bertz CT molecular complexity index is 1380. The van der Waals surface area contributed by atoms with Gasteiger partial charge in [-0.25, -0.2) is 12.8 Å². The van der Waals surface area contributed by atoms with Gasteiger partial charge in [-0.1, -0.05) is 74.0 Å². The third-order valence-electron chi connectivity index (χ3n) is 6.70. The number of anilines is 1. The van der Waals surface area contributed by atoms with Gasteiger partial charge in [0.25, 0.3) is 0 Å². The quantitative estimate of drug-likeness (QED) is 0.287. The van der Waals surface area contributed by atoms with E-state index in [1.807, 2.05) is 63.2 Å². The Morgan fingerprint density at radius 3 is 2.12 bits per heavy atom. The van der Waals surface area contributed by atoms with E-state index in [1.54, 1.807) is 24.3 Å². The van der Waals surface area contributed by atoms with Crippen LogP contribution in [0.3, 0.4) is 0 Å². The van der Waals surface area contributed by atoms with Crippen LogP contribution in [0.4, 0.5) is 10.1 Å². The number of hydrogen-bond acceptors (Lipinski definition) is 4. The predicted molar refractivity (Wildman–Crippen MR) is 161 cm³/mol. The SMILES string of the molecule is Cc1ccc(N(CCCC(=O)N(Cc2ccc(F)cc2)C(Cc2ccccc2)C(=O)NCC(C)C)S(C)(=O)=O)cc1. The first kappa shape index (κ1) is 31.8. The standard InChI is InChI=1S/C32H40FN3O4S/c1-24(2)22-34-32(38)30(21-26-9-6-5-7-10-26)35(23-27-14-16-28(33)17-15-27)31(37)11-8-20-36(41(4,39)40)29-18-12-25(3)13-19-29/h5-7,9-10,12-19,24,30H,8,11,20-23H2,1-4H3,(H,34,38). The molecule has 0 aliphatic carbocycles. The second-order valence-electron chi connectivity index (χ2n) is 10.8. The second kappa shape index (κ2) is 14.8. The van der Waals surface area contributed by atoms with Crippen molar-refractivity contribution in [3.8, 4) is 0 Å². The van der Waals surface area contributed by atoms with E-state index >= 15 is 0 Å². The number of benzene rings is 3. The van der Waals surface area contributed by atoms with Gasteiger partial charge < -0.3 is 10.2 Å². The molecule has 0 aliphatic heterocycles. The third kappa shape index (κ3) is 10.0. The topological polar surface area (TPSA) is 86.8 Å². The Balaban J connectivity index is 1.87. The zero-order valence-corrected chi connectivity index (χ0v) is 25.0. The number of halogens is 1. The first-order valence-electron chi connectivity index (χ1n) is 13.8. The van der Waals surface area contributed by atoms with Crippen molar-refractivity contribution in [3.05, 3.63) is 101 Å². The van der Waals surface area contributed by atoms with Crippen molar-refractivity contribution in [2.45, 2.75) is 52.6 Å². The highest BCUT2D eigenvalue weighted by molar-refractivity contribution is 7.92. The summed E-state index contributed by atoms with van der Waals surface area (Å²) in [6.45, 7) is 6.60. The molecule has 1 N–H and O–H groups in total. The van der Waals surface area contributed by atoms with Crippen LogP contribution in [0.5, 0.6) is 0 Å². The lowest BCUT2D eigenvalue weighted by Gasteiger charge is -2.32. The maximum atomic E-state index is 13.8. The number of nitrogens with one attached hydrogen (secondary N) is 1. The van der Waals surface area contributed by atoms with Gasteiger partial charge in [0.2, 0.25) is 21.8 Å². The highest BCUT2D eigenvalue weighted by Crippen LogP contribution is 2.21. The van der Waals surface area contributed by atoms with E-state index in [2.05, 4.69) is 5.32 Å². The Labute approximate surface area is 243 Å². The van der Waals surface area contributed by atoms with Crippen molar-refractivity contribution in [3.63, 3.8) is 0 Å². The molecule has 9 heteroatoms. The van der Waals surface area contributed by atoms with Crippen LogP contribution in [-0.4, -0.2) is 50.5 Å². The van der Waals surface area contributed by atoms with E-state index in [0.717, 1.165) is 17.4 Å². The van der Waals surface area contributed by atoms with Gasteiger partial charge in [0.05, 0.1) is 11.9 Å². The highest BCUT2D eigenvalue weighted by atomic mass is 32.2. The van der Waals surface area contributed by atoms with E-state index in [1.165, 1.54) is 21.3 Å². The van der Waals surface area contributed by atoms with Crippen LogP contribution >= 0.6 is 0 Å². The molecule has 0 spiro atoms. The molecule has 0 bridgehead atoms. The average Bonchev–Trinajstić information content (AvgIpc) is 2.93. The fraction of sp³-hybridized carbons (Fsp3) is 0.375. The Morgan fingerprint density at radius 1 is 0.902 bits per heavy atom. The zero-order valence-electron chi connectivity index (χ0n) is 24.2. The molecular formula is C32H40FN3O4S. The molecule has 0 radical (unpaired) electrons. The van der Waals surface area contributed by atoms with Gasteiger partial charge in [-0.05, 0) is 54.7 Å².